The zero-order valence-corrected chi connectivity index (χ0v) is 12.3. The van der Waals surface area contributed by atoms with Crippen molar-refractivity contribution in [3.63, 3.8) is 0 Å². The number of hydrogen-bond donors (Lipinski definition) is 1. The quantitative estimate of drug-likeness (QED) is 0.595. The van der Waals surface area contributed by atoms with Crippen LogP contribution in [0.5, 0.6) is 5.75 Å². The molecule has 0 saturated heterocycles. The molecule has 6 nitrogen and oxygen atoms in total. The molecule has 0 saturated carbocycles. The first kappa shape index (κ1) is 16.5. The number of nitrogens with one attached hydrogen (secondary N) is 1. The Morgan fingerprint density at radius 2 is 1.91 bits per heavy atom. The van der Waals surface area contributed by atoms with Crippen LogP contribution in [0, 0.1) is 5.82 Å². The fraction of sp³-hybridized carbons (Fsp3) is 0.250. The number of carbonyl (C=O) groups is 2. The van der Waals surface area contributed by atoms with E-state index in [-0.39, 0.29) is 43.7 Å². The minimum atomic E-state index is -0.451. The molecule has 0 aliphatic carbocycles. The second-order valence-electron chi connectivity index (χ2n) is 4.51. The normalized spacial score (nSPS) is 10.1. The molecule has 2 aromatic rings. The summed E-state index contributed by atoms with van der Waals surface area (Å²) in [6.07, 6.45) is 1.44. The second-order valence-corrected chi connectivity index (χ2v) is 4.51. The van der Waals surface area contributed by atoms with Gasteiger partial charge in [0.1, 0.15) is 24.8 Å². The van der Waals surface area contributed by atoms with Gasteiger partial charge in [-0.2, -0.15) is 0 Å². The van der Waals surface area contributed by atoms with Crippen LogP contribution in [0.1, 0.15) is 17.0 Å². The maximum absolute atomic E-state index is 12.7. The van der Waals surface area contributed by atoms with E-state index in [9.17, 15) is 14.0 Å². The number of furan rings is 1. The predicted molar refractivity (Wildman–Crippen MR) is 78.5 cm³/mol. The van der Waals surface area contributed by atoms with Crippen LogP contribution < -0.4 is 10.1 Å². The fourth-order valence-electron chi connectivity index (χ4n) is 1.69. The monoisotopic (exact) mass is 321 g/mol. The molecule has 1 heterocycles. The van der Waals surface area contributed by atoms with E-state index in [1.165, 1.54) is 36.6 Å². The van der Waals surface area contributed by atoms with Crippen molar-refractivity contribution in [2.75, 3.05) is 19.8 Å². The Labute approximate surface area is 132 Å². The number of hydrogen-bond acceptors (Lipinski definition) is 5. The summed E-state index contributed by atoms with van der Waals surface area (Å²) in [6.45, 7) is 0.385. The Morgan fingerprint density at radius 1 is 1.13 bits per heavy atom. The lowest BCUT2D eigenvalue weighted by atomic mass is 10.3. The second kappa shape index (κ2) is 8.57. The molecule has 0 spiro atoms. The third-order valence-electron chi connectivity index (χ3n) is 2.79. The molecule has 2 rings (SSSR count). The SMILES string of the molecule is O=C(CCNC(=O)c1ccco1)OCCOc1ccc(F)cc1. The fourth-order valence-corrected chi connectivity index (χ4v) is 1.69. The van der Waals surface area contributed by atoms with E-state index in [1.807, 2.05) is 0 Å². The highest BCUT2D eigenvalue weighted by molar-refractivity contribution is 5.91. The minimum Gasteiger partial charge on any atom is -0.490 e. The number of benzene rings is 1. The van der Waals surface area contributed by atoms with Gasteiger partial charge in [-0.3, -0.25) is 9.59 Å². The number of ether oxygens (including phenoxy) is 2. The van der Waals surface area contributed by atoms with E-state index in [1.54, 1.807) is 6.07 Å². The van der Waals surface area contributed by atoms with Gasteiger partial charge in [-0.15, -0.1) is 0 Å². The van der Waals surface area contributed by atoms with Crippen molar-refractivity contribution in [3.8, 4) is 5.75 Å². The molecule has 1 N–H and O–H groups in total. The first-order valence-electron chi connectivity index (χ1n) is 7.01. The van der Waals surface area contributed by atoms with Crippen molar-refractivity contribution in [2.24, 2.45) is 0 Å². The number of esters is 1. The summed E-state index contributed by atoms with van der Waals surface area (Å²) in [5.41, 5.74) is 0. The Morgan fingerprint density at radius 3 is 2.61 bits per heavy atom. The molecule has 0 atom stereocenters. The van der Waals surface area contributed by atoms with Crippen molar-refractivity contribution in [1.29, 1.82) is 0 Å². The van der Waals surface area contributed by atoms with E-state index in [0.717, 1.165) is 0 Å². The van der Waals surface area contributed by atoms with Gasteiger partial charge in [-0.25, -0.2) is 4.39 Å². The highest BCUT2D eigenvalue weighted by Gasteiger charge is 2.09. The summed E-state index contributed by atoms with van der Waals surface area (Å²) in [7, 11) is 0. The van der Waals surface area contributed by atoms with Crippen LogP contribution in [-0.4, -0.2) is 31.6 Å². The van der Waals surface area contributed by atoms with Crippen LogP contribution in [0.3, 0.4) is 0 Å². The van der Waals surface area contributed by atoms with Gasteiger partial charge in [0, 0.05) is 6.54 Å². The summed E-state index contributed by atoms with van der Waals surface area (Å²) in [5.74, 6) is -0.505. The highest BCUT2D eigenvalue weighted by Crippen LogP contribution is 2.10. The van der Waals surface area contributed by atoms with Gasteiger partial charge in [0.2, 0.25) is 0 Å². The zero-order valence-electron chi connectivity index (χ0n) is 12.3. The summed E-state index contributed by atoms with van der Waals surface area (Å²) in [6, 6.07) is 8.67. The van der Waals surface area contributed by atoms with Gasteiger partial charge < -0.3 is 19.2 Å². The van der Waals surface area contributed by atoms with Crippen LogP contribution >= 0.6 is 0 Å². The van der Waals surface area contributed by atoms with Gasteiger partial charge in [0.25, 0.3) is 5.91 Å². The van der Waals surface area contributed by atoms with Gasteiger partial charge >= 0.3 is 5.97 Å². The van der Waals surface area contributed by atoms with Crippen LogP contribution in [-0.2, 0) is 9.53 Å². The first-order chi connectivity index (χ1) is 11.1. The topological polar surface area (TPSA) is 77.8 Å². The zero-order chi connectivity index (χ0) is 16.5. The molecule has 23 heavy (non-hydrogen) atoms. The Hall–Kier alpha value is -2.83. The summed E-state index contributed by atoms with van der Waals surface area (Å²) in [5, 5.41) is 2.54. The molecule has 0 aliphatic rings. The van der Waals surface area contributed by atoms with Gasteiger partial charge in [0.15, 0.2) is 5.76 Å². The Kier molecular flexibility index (Phi) is 6.17. The third-order valence-corrected chi connectivity index (χ3v) is 2.79. The lowest BCUT2D eigenvalue weighted by molar-refractivity contribution is -0.144. The number of halogens is 1. The first-order valence-corrected chi connectivity index (χ1v) is 7.01. The molecule has 1 amide bonds. The minimum absolute atomic E-state index is 0.0446. The lowest BCUT2D eigenvalue weighted by Gasteiger charge is -2.07. The predicted octanol–water partition coefficient (Wildman–Crippen LogP) is 2.16. The molecule has 122 valence electrons. The van der Waals surface area contributed by atoms with Gasteiger partial charge in [-0.1, -0.05) is 0 Å². The molecular weight excluding hydrogens is 305 g/mol. The van der Waals surface area contributed by atoms with Crippen molar-refractivity contribution in [3.05, 3.63) is 54.2 Å². The Balaban J connectivity index is 1.55. The standard InChI is InChI=1S/C16H16FNO5/c17-12-3-5-13(6-4-12)21-10-11-23-15(19)7-8-18-16(20)14-2-1-9-22-14/h1-6,9H,7-8,10-11H2,(H,18,20). The number of carbonyl (C=O) groups excluding carboxylic acids is 2. The summed E-state index contributed by atoms with van der Waals surface area (Å²) < 4.78 is 27.8. The van der Waals surface area contributed by atoms with Crippen molar-refractivity contribution in [2.45, 2.75) is 6.42 Å². The third kappa shape index (κ3) is 5.82. The highest BCUT2D eigenvalue weighted by atomic mass is 19.1. The molecule has 0 fully saturated rings. The maximum Gasteiger partial charge on any atom is 0.307 e. The van der Waals surface area contributed by atoms with Crippen LogP contribution in [0.2, 0.25) is 0 Å². The Bertz CT molecular complexity index is 624. The van der Waals surface area contributed by atoms with E-state index in [4.69, 9.17) is 13.9 Å². The van der Waals surface area contributed by atoms with Crippen LogP contribution in [0.4, 0.5) is 4.39 Å². The smallest absolute Gasteiger partial charge is 0.307 e. The van der Waals surface area contributed by atoms with E-state index >= 15 is 0 Å². The summed E-state index contributed by atoms with van der Waals surface area (Å²) >= 11 is 0. The maximum atomic E-state index is 12.7. The van der Waals surface area contributed by atoms with Gasteiger partial charge in [-0.05, 0) is 36.4 Å². The van der Waals surface area contributed by atoms with E-state index in [0.29, 0.717) is 5.75 Å². The number of amides is 1. The average molecular weight is 321 g/mol. The van der Waals surface area contributed by atoms with Crippen molar-refractivity contribution >= 4 is 11.9 Å². The molecular formula is C16H16FNO5. The van der Waals surface area contributed by atoms with E-state index in [2.05, 4.69) is 5.32 Å². The molecule has 0 bridgehead atoms. The average Bonchev–Trinajstić information content (AvgIpc) is 3.08. The van der Waals surface area contributed by atoms with E-state index < -0.39 is 5.97 Å². The molecule has 1 aromatic heterocycles. The molecule has 7 heteroatoms. The largest absolute Gasteiger partial charge is 0.490 e. The van der Waals surface area contributed by atoms with Crippen LogP contribution in [0.15, 0.2) is 47.1 Å². The van der Waals surface area contributed by atoms with Crippen LogP contribution in [0.25, 0.3) is 0 Å². The molecule has 0 aliphatic heterocycles. The molecule has 0 radical (unpaired) electrons. The van der Waals surface area contributed by atoms with Crippen molar-refractivity contribution < 1.29 is 27.9 Å². The van der Waals surface area contributed by atoms with Gasteiger partial charge in [0.05, 0.1) is 12.7 Å². The molecule has 1 aromatic carbocycles. The lowest BCUT2D eigenvalue weighted by Crippen LogP contribution is -2.26. The summed E-state index contributed by atoms with van der Waals surface area (Å²) in [4.78, 5) is 23.0. The van der Waals surface area contributed by atoms with Crippen molar-refractivity contribution in [1.82, 2.24) is 5.32 Å². The molecule has 0 unspecified atom stereocenters. The number of rotatable bonds is 8.